The lowest BCUT2D eigenvalue weighted by molar-refractivity contribution is 0.582. The molecule has 2 heterocycles. The van der Waals surface area contributed by atoms with Crippen LogP contribution in [0.3, 0.4) is 0 Å². The number of rotatable bonds is 0. The third-order valence-corrected chi connectivity index (χ3v) is 1.91. The van der Waals surface area contributed by atoms with Crippen LogP contribution in [0.4, 0.5) is 4.39 Å². The molecule has 2 aromatic rings. The van der Waals surface area contributed by atoms with Crippen LogP contribution in [-0.4, -0.2) is 9.97 Å². The van der Waals surface area contributed by atoms with E-state index in [4.69, 9.17) is 5.26 Å². The van der Waals surface area contributed by atoms with Crippen molar-refractivity contribution >= 4 is 0 Å². The van der Waals surface area contributed by atoms with E-state index in [-0.39, 0.29) is 0 Å². The van der Waals surface area contributed by atoms with Gasteiger partial charge in [0, 0.05) is 12.4 Å². The average molecular weight is 229 g/mol. The molecule has 0 spiro atoms. The van der Waals surface area contributed by atoms with Gasteiger partial charge in [0.25, 0.3) is 0 Å². The van der Waals surface area contributed by atoms with Crippen molar-refractivity contribution in [2.75, 3.05) is 0 Å². The second kappa shape index (κ2) is 6.33. The third-order valence-electron chi connectivity index (χ3n) is 1.91. The number of pyridine rings is 2. The Morgan fingerprint density at radius 2 is 1.65 bits per heavy atom. The maximum absolute atomic E-state index is 12.1. The van der Waals surface area contributed by atoms with E-state index in [1.54, 1.807) is 18.3 Å². The fourth-order valence-corrected chi connectivity index (χ4v) is 1.10. The monoisotopic (exact) mass is 229 g/mol. The molecule has 0 bridgehead atoms. The Morgan fingerprint density at radius 3 is 2.00 bits per heavy atom. The largest absolute Gasteiger partial charge is 0.246 e. The van der Waals surface area contributed by atoms with Crippen LogP contribution in [-0.2, 0) is 0 Å². The summed E-state index contributed by atoms with van der Waals surface area (Å²) in [5.41, 5.74) is 2.45. The lowest BCUT2D eigenvalue weighted by atomic mass is 10.2. The zero-order valence-electron chi connectivity index (χ0n) is 9.68. The van der Waals surface area contributed by atoms with Gasteiger partial charge in [0.05, 0.1) is 0 Å². The normalized spacial score (nSPS) is 8.82. The van der Waals surface area contributed by atoms with Crippen LogP contribution >= 0.6 is 0 Å². The molecule has 2 rings (SSSR count). The number of nitriles is 1. The summed E-state index contributed by atoms with van der Waals surface area (Å²) in [4.78, 5) is 7.17. The second-order valence-corrected chi connectivity index (χ2v) is 3.49. The van der Waals surface area contributed by atoms with Crippen LogP contribution in [0.5, 0.6) is 0 Å². The Bertz CT molecular complexity index is 515. The Morgan fingerprint density at radius 1 is 1.06 bits per heavy atom. The van der Waals surface area contributed by atoms with E-state index in [0.29, 0.717) is 5.69 Å². The smallest absolute Gasteiger partial charge is 0.213 e. The Kier molecular flexibility index (Phi) is 4.77. The molecule has 2 aromatic heterocycles. The number of aryl methyl sites for hydroxylation is 2. The van der Waals surface area contributed by atoms with Gasteiger partial charge in [-0.05, 0) is 49.2 Å². The summed E-state index contributed by atoms with van der Waals surface area (Å²) < 4.78 is 12.1. The minimum Gasteiger partial charge on any atom is -0.246 e. The molecule has 0 saturated heterocycles. The zero-order chi connectivity index (χ0) is 12.7. The van der Waals surface area contributed by atoms with Gasteiger partial charge in [-0.3, -0.25) is 0 Å². The SMILES string of the molecule is Cc1ccnc(C#N)c1.Cc1ccnc(F)c1. The van der Waals surface area contributed by atoms with Crippen molar-refractivity contribution < 1.29 is 4.39 Å². The Hall–Kier alpha value is -2.28. The first-order chi connectivity index (χ1) is 8.11. The molecule has 0 N–H and O–H groups in total. The second-order valence-electron chi connectivity index (χ2n) is 3.49. The van der Waals surface area contributed by atoms with Crippen molar-refractivity contribution in [1.29, 1.82) is 5.26 Å². The summed E-state index contributed by atoms with van der Waals surface area (Å²) in [6.45, 7) is 3.76. The van der Waals surface area contributed by atoms with E-state index in [9.17, 15) is 4.39 Å². The van der Waals surface area contributed by atoms with Gasteiger partial charge >= 0.3 is 0 Å². The van der Waals surface area contributed by atoms with Crippen LogP contribution in [0.1, 0.15) is 16.8 Å². The molecular formula is C13H12FN3. The molecule has 4 heteroatoms. The Labute approximate surface area is 99.6 Å². The maximum atomic E-state index is 12.1. The van der Waals surface area contributed by atoms with E-state index >= 15 is 0 Å². The molecule has 0 aromatic carbocycles. The van der Waals surface area contributed by atoms with Crippen molar-refractivity contribution in [3.63, 3.8) is 0 Å². The highest BCUT2D eigenvalue weighted by Gasteiger charge is 1.87. The molecule has 0 saturated carbocycles. The van der Waals surface area contributed by atoms with Crippen LogP contribution in [0.25, 0.3) is 0 Å². The molecule has 0 aliphatic carbocycles. The summed E-state index contributed by atoms with van der Waals surface area (Å²) in [6, 6.07) is 8.71. The lowest BCUT2D eigenvalue weighted by Crippen LogP contribution is -1.80. The quantitative estimate of drug-likeness (QED) is 0.653. The van der Waals surface area contributed by atoms with E-state index in [0.717, 1.165) is 11.1 Å². The van der Waals surface area contributed by atoms with Gasteiger partial charge in [0.2, 0.25) is 5.95 Å². The number of aromatic nitrogens is 2. The van der Waals surface area contributed by atoms with Crippen LogP contribution in [0, 0.1) is 31.1 Å². The molecule has 0 aliphatic heterocycles. The van der Waals surface area contributed by atoms with E-state index in [2.05, 4.69) is 9.97 Å². The van der Waals surface area contributed by atoms with E-state index < -0.39 is 5.95 Å². The Balaban J connectivity index is 0.000000171. The first kappa shape index (κ1) is 12.8. The minimum absolute atomic E-state index is 0.412. The van der Waals surface area contributed by atoms with Crippen molar-refractivity contribution in [1.82, 2.24) is 9.97 Å². The number of nitrogens with zero attached hydrogens (tertiary/aromatic N) is 3. The predicted octanol–water partition coefficient (Wildman–Crippen LogP) is 2.79. The molecule has 0 unspecified atom stereocenters. The van der Waals surface area contributed by atoms with Crippen LogP contribution in [0.2, 0.25) is 0 Å². The highest BCUT2D eigenvalue weighted by Crippen LogP contribution is 1.96. The first-order valence-corrected chi connectivity index (χ1v) is 5.02. The van der Waals surface area contributed by atoms with Gasteiger partial charge in [-0.1, -0.05) is 0 Å². The highest BCUT2D eigenvalue weighted by atomic mass is 19.1. The highest BCUT2D eigenvalue weighted by molar-refractivity contribution is 5.24. The van der Waals surface area contributed by atoms with E-state index in [1.165, 1.54) is 12.3 Å². The number of halogens is 1. The first-order valence-electron chi connectivity index (χ1n) is 5.02. The lowest BCUT2D eigenvalue weighted by Gasteiger charge is -1.87. The fourth-order valence-electron chi connectivity index (χ4n) is 1.10. The molecule has 0 atom stereocenters. The average Bonchev–Trinajstić information content (AvgIpc) is 2.29. The molecule has 3 nitrogen and oxygen atoms in total. The summed E-state index contributed by atoms with van der Waals surface area (Å²) in [5.74, 6) is -0.412. The molecule has 0 fully saturated rings. The van der Waals surface area contributed by atoms with Gasteiger partial charge in [-0.2, -0.15) is 9.65 Å². The zero-order valence-corrected chi connectivity index (χ0v) is 9.68. The molecule has 86 valence electrons. The topological polar surface area (TPSA) is 49.6 Å². The van der Waals surface area contributed by atoms with E-state index in [1.807, 2.05) is 26.0 Å². The summed E-state index contributed by atoms with van der Waals surface area (Å²) in [5, 5.41) is 8.35. The minimum atomic E-state index is -0.412. The molecule has 0 aliphatic rings. The van der Waals surface area contributed by atoms with Gasteiger partial charge in [-0.25, -0.2) is 9.97 Å². The van der Waals surface area contributed by atoms with Gasteiger partial charge < -0.3 is 0 Å². The van der Waals surface area contributed by atoms with Crippen LogP contribution < -0.4 is 0 Å². The predicted molar refractivity (Wildman–Crippen MR) is 62.6 cm³/mol. The van der Waals surface area contributed by atoms with Crippen molar-refractivity contribution in [2.45, 2.75) is 13.8 Å². The molecule has 0 radical (unpaired) electrons. The summed E-state index contributed by atoms with van der Waals surface area (Å²) in [7, 11) is 0. The third kappa shape index (κ3) is 4.85. The molecular weight excluding hydrogens is 217 g/mol. The number of hydrogen-bond acceptors (Lipinski definition) is 3. The van der Waals surface area contributed by atoms with Gasteiger partial charge in [0.1, 0.15) is 11.8 Å². The summed E-state index contributed by atoms with van der Waals surface area (Å²) in [6.07, 6.45) is 3.08. The van der Waals surface area contributed by atoms with Crippen LogP contribution in [0.15, 0.2) is 36.7 Å². The summed E-state index contributed by atoms with van der Waals surface area (Å²) >= 11 is 0. The van der Waals surface area contributed by atoms with Crippen molar-refractivity contribution in [3.05, 3.63) is 59.4 Å². The molecule has 17 heavy (non-hydrogen) atoms. The standard InChI is InChI=1S/C7H6N2.C6H6FN/c1-6-2-3-9-7(4-6)5-8;1-5-2-3-8-6(7)4-5/h2-4H,1H3;2-4H,1H3. The maximum Gasteiger partial charge on any atom is 0.213 e. The van der Waals surface area contributed by atoms with Gasteiger partial charge in [0.15, 0.2) is 0 Å². The van der Waals surface area contributed by atoms with Crippen molar-refractivity contribution in [2.24, 2.45) is 0 Å². The van der Waals surface area contributed by atoms with Crippen molar-refractivity contribution in [3.8, 4) is 6.07 Å². The molecule has 0 amide bonds. The van der Waals surface area contributed by atoms with Gasteiger partial charge in [-0.15, -0.1) is 0 Å². The number of hydrogen-bond donors (Lipinski definition) is 0. The fraction of sp³-hybridized carbons (Fsp3) is 0.154.